The maximum absolute atomic E-state index is 7.98. The molecule has 1 rings (SSSR count). The second-order valence-corrected chi connectivity index (χ2v) is 2.94. The molecule has 1 aromatic carbocycles. The first-order chi connectivity index (χ1) is 5.66. The first-order valence-corrected chi connectivity index (χ1v) is 4.02. The number of hydrogen-bond acceptors (Lipinski definition) is 1. The van der Waals surface area contributed by atoms with Crippen LogP contribution in [0.5, 0.6) is 0 Å². The van der Waals surface area contributed by atoms with Gasteiger partial charge in [0.25, 0.3) is 0 Å². The number of aliphatic hydroxyl groups excluding tert-OH is 1. The number of halogens is 1. The molecule has 0 bridgehead atoms. The molecular weight excluding hydrogens is 172 g/mol. The normalized spacial score (nSPS) is 7.92. The van der Waals surface area contributed by atoms with Gasteiger partial charge in [-0.2, -0.15) is 0 Å². The summed E-state index contributed by atoms with van der Waals surface area (Å²) >= 11 is 5.54. The van der Waals surface area contributed by atoms with Gasteiger partial charge >= 0.3 is 0 Å². The summed E-state index contributed by atoms with van der Waals surface area (Å²) in [6.45, 7) is 3.67. The molecule has 0 amide bonds. The quantitative estimate of drug-likeness (QED) is 0.608. The molecule has 0 spiro atoms. The minimum Gasteiger partial charge on any atom is -0.516 e. The van der Waals surface area contributed by atoms with Gasteiger partial charge in [0.2, 0.25) is 0 Å². The lowest BCUT2D eigenvalue weighted by Crippen LogP contribution is -1.56. The number of rotatable bonds is 0. The van der Waals surface area contributed by atoms with Crippen molar-refractivity contribution in [2.75, 3.05) is 0 Å². The van der Waals surface area contributed by atoms with Crippen LogP contribution in [-0.2, 0) is 0 Å². The third kappa shape index (κ3) is 7.16. The number of hydrogen-bond donors (Lipinski definition) is 1. The second kappa shape index (κ2) is 6.74. The van der Waals surface area contributed by atoms with E-state index in [1.165, 1.54) is 0 Å². The summed E-state index contributed by atoms with van der Waals surface area (Å²) in [5.74, 6) is 0. The van der Waals surface area contributed by atoms with Crippen molar-refractivity contribution in [3.05, 3.63) is 47.2 Å². The molecule has 0 saturated heterocycles. The molecule has 0 aliphatic carbocycles. The van der Waals surface area contributed by atoms with Crippen LogP contribution in [0, 0.1) is 0 Å². The molecule has 12 heavy (non-hydrogen) atoms. The Kier molecular flexibility index (Phi) is 6.21. The SMILES string of the molecule is CC(C)=CO.Clc1ccccc1. The summed E-state index contributed by atoms with van der Waals surface area (Å²) in [4.78, 5) is 0. The van der Waals surface area contributed by atoms with Gasteiger partial charge in [0.15, 0.2) is 0 Å². The van der Waals surface area contributed by atoms with E-state index < -0.39 is 0 Å². The Morgan fingerprint density at radius 3 is 1.83 bits per heavy atom. The van der Waals surface area contributed by atoms with Crippen LogP contribution in [-0.4, -0.2) is 5.11 Å². The molecule has 0 heterocycles. The molecule has 0 fully saturated rings. The molecular formula is C10H13ClO. The first kappa shape index (κ1) is 11.1. The van der Waals surface area contributed by atoms with Crippen LogP contribution in [0.3, 0.4) is 0 Å². The summed E-state index contributed by atoms with van der Waals surface area (Å²) in [7, 11) is 0. The van der Waals surface area contributed by atoms with Gasteiger partial charge in [-0.1, -0.05) is 29.8 Å². The Hall–Kier alpha value is -0.950. The molecule has 0 atom stereocenters. The highest BCUT2D eigenvalue weighted by Gasteiger charge is 1.74. The van der Waals surface area contributed by atoms with Crippen molar-refractivity contribution >= 4 is 11.6 Å². The lowest BCUT2D eigenvalue weighted by Gasteiger charge is -1.80. The van der Waals surface area contributed by atoms with E-state index in [1.807, 2.05) is 44.2 Å². The Morgan fingerprint density at radius 2 is 1.67 bits per heavy atom. The maximum atomic E-state index is 7.98. The number of benzene rings is 1. The van der Waals surface area contributed by atoms with Crippen molar-refractivity contribution < 1.29 is 5.11 Å². The minimum absolute atomic E-state index is 0.794. The Morgan fingerprint density at radius 1 is 1.25 bits per heavy atom. The van der Waals surface area contributed by atoms with Crippen molar-refractivity contribution in [2.45, 2.75) is 13.8 Å². The topological polar surface area (TPSA) is 20.2 Å². The molecule has 1 nitrogen and oxygen atoms in total. The van der Waals surface area contributed by atoms with Crippen molar-refractivity contribution in [1.29, 1.82) is 0 Å². The summed E-state index contributed by atoms with van der Waals surface area (Å²) in [6, 6.07) is 9.44. The summed E-state index contributed by atoms with van der Waals surface area (Å²) < 4.78 is 0. The van der Waals surface area contributed by atoms with E-state index in [1.54, 1.807) is 0 Å². The van der Waals surface area contributed by atoms with E-state index in [0.29, 0.717) is 0 Å². The summed E-state index contributed by atoms with van der Waals surface area (Å²) in [5.41, 5.74) is 0.935. The van der Waals surface area contributed by atoms with Gasteiger partial charge < -0.3 is 5.11 Å². The molecule has 66 valence electrons. The molecule has 0 saturated carbocycles. The largest absolute Gasteiger partial charge is 0.516 e. The van der Waals surface area contributed by atoms with E-state index in [9.17, 15) is 0 Å². The standard InChI is InChI=1S/C6H5Cl.C4H8O/c7-6-4-2-1-3-5-6;1-4(2)3-5/h1-5H;3,5H,1-2H3. The van der Waals surface area contributed by atoms with Gasteiger partial charge in [-0.05, 0) is 31.6 Å². The third-order valence-electron chi connectivity index (χ3n) is 0.991. The predicted octanol–water partition coefficient (Wildman–Crippen LogP) is 3.81. The Balaban J connectivity index is 0.000000217. The molecule has 0 aliphatic heterocycles. The van der Waals surface area contributed by atoms with Crippen LogP contribution in [0.1, 0.15) is 13.8 Å². The van der Waals surface area contributed by atoms with Crippen molar-refractivity contribution in [3.8, 4) is 0 Å². The Labute approximate surface area is 78.3 Å². The van der Waals surface area contributed by atoms with Gasteiger partial charge in [-0.3, -0.25) is 0 Å². The molecule has 2 heteroatoms. The zero-order chi connectivity index (χ0) is 9.40. The molecule has 0 aromatic heterocycles. The van der Waals surface area contributed by atoms with E-state index >= 15 is 0 Å². The van der Waals surface area contributed by atoms with E-state index in [2.05, 4.69) is 0 Å². The molecule has 0 unspecified atom stereocenters. The molecule has 0 aliphatic rings. The molecule has 1 N–H and O–H groups in total. The average Bonchev–Trinajstić information content (AvgIpc) is 2.07. The van der Waals surface area contributed by atoms with Crippen molar-refractivity contribution in [3.63, 3.8) is 0 Å². The average molecular weight is 185 g/mol. The van der Waals surface area contributed by atoms with Gasteiger partial charge in [0.05, 0.1) is 6.26 Å². The number of aliphatic hydroxyl groups is 1. The second-order valence-electron chi connectivity index (χ2n) is 2.50. The van der Waals surface area contributed by atoms with E-state index in [0.717, 1.165) is 16.9 Å². The third-order valence-corrected chi connectivity index (χ3v) is 1.24. The lowest BCUT2D eigenvalue weighted by molar-refractivity contribution is 0.467. The maximum Gasteiger partial charge on any atom is 0.0778 e. The fraction of sp³-hybridized carbons (Fsp3) is 0.200. The van der Waals surface area contributed by atoms with Gasteiger partial charge in [0, 0.05) is 5.02 Å². The number of allylic oxidation sites excluding steroid dienone is 1. The van der Waals surface area contributed by atoms with E-state index in [-0.39, 0.29) is 0 Å². The van der Waals surface area contributed by atoms with Crippen LogP contribution >= 0.6 is 11.6 Å². The smallest absolute Gasteiger partial charge is 0.0778 e. The lowest BCUT2D eigenvalue weighted by atomic mass is 10.4. The van der Waals surface area contributed by atoms with Gasteiger partial charge in [0.1, 0.15) is 0 Å². The van der Waals surface area contributed by atoms with Crippen LogP contribution in [0.15, 0.2) is 42.2 Å². The monoisotopic (exact) mass is 184 g/mol. The van der Waals surface area contributed by atoms with Crippen molar-refractivity contribution in [2.24, 2.45) is 0 Å². The van der Waals surface area contributed by atoms with Crippen LogP contribution in [0.25, 0.3) is 0 Å². The minimum atomic E-state index is 0.794. The van der Waals surface area contributed by atoms with Crippen LogP contribution in [0.4, 0.5) is 0 Å². The molecule has 1 aromatic rings. The highest BCUT2D eigenvalue weighted by Crippen LogP contribution is 2.03. The Bertz CT molecular complexity index is 225. The zero-order valence-electron chi connectivity index (χ0n) is 7.29. The van der Waals surface area contributed by atoms with Gasteiger partial charge in [-0.25, -0.2) is 0 Å². The predicted molar refractivity (Wildman–Crippen MR) is 53.5 cm³/mol. The van der Waals surface area contributed by atoms with Crippen LogP contribution in [0.2, 0.25) is 5.02 Å². The highest BCUT2D eigenvalue weighted by molar-refractivity contribution is 6.30. The van der Waals surface area contributed by atoms with Crippen LogP contribution < -0.4 is 0 Å². The first-order valence-electron chi connectivity index (χ1n) is 3.65. The van der Waals surface area contributed by atoms with Gasteiger partial charge in [-0.15, -0.1) is 0 Å². The van der Waals surface area contributed by atoms with Crippen molar-refractivity contribution in [1.82, 2.24) is 0 Å². The fourth-order valence-corrected chi connectivity index (χ4v) is 0.560. The summed E-state index contributed by atoms with van der Waals surface area (Å²) in [5, 5.41) is 8.78. The summed E-state index contributed by atoms with van der Waals surface area (Å²) in [6.07, 6.45) is 1.08. The zero-order valence-corrected chi connectivity index (χ0v) is 8.05. The highest BCUT2D eigenvalue weighted by atomic mass is 35.5. The molecule has 0 radical (unpaired) electrons. The fourth-order valence-electron chi connectivity index (χ4n) is 0.415. The van der Waals surface area contributed by atoms with E-state index in [4.69, 9.17) is 16.7 Å².